The van der Waals surface area contributed by atoms with Gasteiger partial charge < -0.3 is 16.0 Å². The average molecular weight is 547 g/mol. The number of Topliss-reactive ketones (excluding diaryl/α,β-unsaturated/α-hetero) is 1. The lowest BCUT2D eigenvalue weighted by Crippen LogP contribution is -2.37. The second-order valence-electron chi connectivity index (χ2n) is 11.4. The van der Waals surface area contributed by atoms with Crippen LogP contribution in [0.4, 0.5) is 11.6 Å². The van der Waals surface area contributed by atoms with E-state index in [0.29, 0.717) is 47.3 Å². The molecule has 5 N–H and O–H groups in total. The van der Waals surface area contributed by atoms with Crippen LogP contribution in [0.3, 0.4) is 0 Å². The van der Waals surface area contributed by atoms with Gasteiger partial charge in [-0.2, -0.15) is 5.10 Å². The zero-order valence-corrected chi connectivity index (χ0v) is 22.9. The number of nitrogens with one attached hydrogen (secondary N) is 2. The molecule has 0 radical (unpaired) electrons. The van der Waals surface area contributed by atoms with Crippen molar-refractivity contribution in [2.24, 2.45) is 17.1 Å². The molecule has 1 aromatic carbocycles. The number of carbonyl (C=O) groups excluding carboxylic acids is 3. The van der Waals surface area contributed by atoms with Crippen molar-refractivity contribution in [3.8, 4) is 5.69 Å². The van der Waals surface area contributed by atoms with E-state index in [9.17, 15) is 14.4 Å². The first-order valence-electron chi connectivity index (χ1n) is 13.4. The fraction of sp³-hybridized carbons (Fsp3) is 0.429. The summed E-state index contributed by atoms with van der Waals surface area (Å²) >= 11 is 0. The molecular weight excluding hydrogens is 512 g/mol. The summed E-state index contributed by atoms with van der Waals surface area (Å²) in [5.74, 6) is -0.183. The van der Waals surface area contributed by atoms with Gasteiger partial charge in [-0.25, -0.2) is 20.1 Å². The highest BCUT2D eigenvalue weighted by atomic mass is 16.5. The Bertz CT molecular complexity index is 1460. The first kappa shape index (κ1) is 27.3. The Morgan fingerprint density at radius 2 is 1.85 bits per heavy atom. The average Bonchev–Trinajstić information content (AvgIpc) is 3.26. The van der Waals surface area contributed by atoms with Crippen LogP contribution in [-0.2, 0) is 6.42 Å². The van der Waals surface area contributed by atoms with Crippen molar-refractivity contribution >= 4 is 29.2 Å². The summed E-state index contributed by atoms with van der Waals surface area (Å²) in [6, 6.07) is 5.41. The van der Waals surface area contributed by atoms with Crippen molar-refractivity contribution in [2.75, 3.05) is 29.9 Å². The quantitative estimate of drug-likeness (QED) is 0.257. The Balaban J connectivity index is 1.29. The second-order valence-corrected chi connectivity index (χ2v) is 11.4. The SMILES string of the molecule is Cc1nn(-c2ccc(C(N)=O)c(NCC3CCN(c4ncc(C(=O)NO)cn4)CC3)c2)c2c1C(=O)CC(C)(C)C2. The Morgan fingerprint density at radius 3 is 2.50 bits per heavy atom. The van der Waals surface area contributed by atoms with Crippen molar-refractivity contribution < 1.29 is 19.6 Å². The minimum absolute atomic E-state index is 0.116. The minimum Gasteiger partial charge on any atom is -0.384 e. The first-order valence-corrected chi connectivity index (χ1v) is 13.4. The third-order valence-electron chi connectivity index (χ3n) is 7.71. The molecule has 3 aromatic rings. The normalized spacial score (nSPS) is 16.9. The summed E-state index contributed by atoms with van der Waals surface area (Å²) in [5.41, 5.74) is 11.4. The van der Waals surface area contributed by atoms with E-state index in [1.165, 1.54) is 12.4 Å². The number of aryl methyl sites for hydroxylation is 1. The highest BCUT2D eigenvalue weighted by molar-refractivity contribution is 6.00. The van der Waals surface area contributed by atoms with Gasteiger partial charge >= 0.3 is 0 Å². The van der Waals surface area contributed by atoms with E-state index in [-0.39, 0.29) is 16.8 Å². The molecule has 2 aliphatic rings. The predicted octanol–water partition coefficient (Wildman–Crippen LogP) is 2.67. The van der Waals surface area contributed by atoms with E-state index >= 15 is 0 Å². The number of benzene rings is 1. The molecule has 12 heteroatoms. The van der Waals surface area contributed by atoms with Crippen molar-refractivity contribution in [2.45, 2.75) is 46.5 Å². The molecule has 1 aliphatic carbocycles. The number of nitrogens with zero attached hydrogens (tertiary/aromatic N) is 5. The van der Waals surface area contributed by atoms with Crippen LogP contribution in [0.25, 0.3) is 5.69 Å². The number of hydroxylamine groups is 1. The maximum Gasteiger partial charge on any atom is 0.277 e. The summed E-state index contributed by atoms with van der Waals surface area (Å²) in [4.78, 5) is 47.1. The monoisotopic (exact) mass is 546 g/mol. The topological polar surface area (TPSA) is 168 Å². The number of piperidine rings is 1. The van der Waals surface area contributed by atoms with Crippen LogP contribution < -0.4 is 21.4 Å². The number of nitrogens with two attached hydrogens (primary N) is 1. The van der Waals surface area contributed by atoms with Gasteiger partial charge in [0.05, 0.1) is 33.8 Å². The van der Waals surface area contributed by atoms with Gasteiger partial charge in [-0.1, -0.05) is 13.8 Å². The van der Waals surface area contributed by atoms with E-state index in [1.54, 1.807) is 11.5 Å². The number of aromatic nitrogens is 4. The summed E-state index contributed by atoms with van der Waals surface area (Å²) in [6.07, 6.45) is 5.75. The first-order chi connectivity index (χ1) is 19.1. The molecule has 0 unspecified atom stereocenters. The smallest absolute Gasteiger partial charge is 0.277 e. The van der Waals surface area contributed by atoms with Crippen LogP contribution in [0.1, 0.15) is 75.6 Å². The van der Waals surface area contributed by atoms with Gasteiger partial charge in [-0.15, -0.1) is 0 Å². The van der Waals surface area contributed by atoms with E-state index in [0.717, 1.165) is 43.7 Å². The molecule has 40 heavy (non-hydrogen) atoms. The molecule has 210 valence electrons. The standard InChI is InChI=1S/C28H34N8O4/c1-16-24-22(11-28(2,3)12-23(24)37)36(33-16)19-4-5-20(25(29)38)21(10-19)30-13-17-6-8-35(9-7-17)27-31-14-18(15-32-27)26(39)34-40/h4-5,10,14-15,17,30,40H,6-9,11-13H2,1-3H3,(H2,29,38)(H,34,39). The molecule has 1 aliphatic heterocycles. The van der Waals surface area contributed by atoms with Gasteiger partial charge in [0.1, 0.15) is 0 Å². The predicted molar refractivity (Wildman–Crippen MR) is 148 cm³/mol. The molecule has 0 spiro atoms. The molecule has 0 saturated carbocycles. The molecule has 0 atom stereocenters. The van der Waals surface area contributed by atoms with E-state index in [2.05, 4.69) is 34.0 Å². The number of carbonyl (C=O) groups is 3. The van der Waals surface area contributed by atoms with Crippen molar-refractivity contribution in [3.63, 3.8) is 0 Å². The lowest BCUT2D eigenvalue weighted by atomic mass is 9.75. The van der Waals surface area contributed by atoms with Crippen LogP contribution in [0.5, 0.6) is 0 Å². The molecular formula is C28H34N8O4. The molecule has 1 fully saturated rings. The van der Waals surface area contributed by atoms with E-state index in [4.69, 9.17) is 16.0 Å². The Morgan fingerprint density at radius 1 is 1.15 bits per heavy atom. The fourth-order valence-corrected chi connectivity index (χ4v) is 5.64. The number of hydrogen-bond donors (Lipinski definition) is 4. The number of primary amides is 1. The van der Waals surface area contributed by atoms with Gasteiger partial charge in [0.15, 0.2) is 5.78 Å². The zero-order chi connectivity index (χ0) is 28.6. The number of anilines is 2. The molecule has 0 bridgehead atoms. The highest BCUT2D eigenvalue weighted by Gasteiger charge is 2.36. The second kappa shape index (κ2) is 10.7. The maximum absolute atomic E-state index is 12.9. The van der Waals surface area contributed by atoms with Crippen LogP contribution in [0, 0.1) is 18.3 Å². The summed E-state index contributed by atoms with van der Waals surface area (Å²) in [5, 5.41) is 16.9. The molecule has 12 nitrogen and oxygen atoms in total. The van der Waals surface area contributed by atoms with Crippen molar-refractivity contribution in [1.82, 2.24) is 25.2 Å². The summed E-state index contributed by atoms with van der Waals surface area (Å²) in [7, 11) is 0. The lowest BCUT2D eigenvalue weighted by molar-refractivity contribution is 0.0705. The van der Waals surface area contributed by atoms with Crippen LogP contribution >= 0.6 is 0 Å². The highest BCUT2D eigenvalue weighted by Crippen LogP contribution is 2.37. The van der Waals surface area contributed by atoms with Gasteiger partial charge in [-0.05, 0) is 55.7 Å². The van der Waals surface area contributed by atoms with Crippen molar-refractivity contribution in [3.05, 3.63) is 58.7 Å². The number of amides is 2. The van der Waals surface area contributed by atoms with Gasteiger partial charge in [0.2, 0.25) is 5.95 Å². The third-order valence-corrected chi connectivity index (χ3v) is 7.71. The van der Waals surface area contributed by atoms with E-state index < -0.39 is 11.8 Å². The number of fused-ring (bicyclic) bond motifs is 1. The number of hydrogen-bond acceptors (Lipinski definition) is 9. The zero-order valence-electron chi connectivity index (χ0n) is 22.9. The minimum atomic E-state index is -0.657. The summed E-state index contributed by atoms with van der Waals surface area (Å²) < 4.78 is 1.83. The Kier molecular flexibility index (Phi) is 7.28. The van der Waals surface area contributed by atoms with Gasteiger partial charge in [0.25, 0.3) is 11.8 Å². The third kappa shape index (κ3) is 5.39. The molecule has 5 rings (SSSR count). The molecule has 2 amide bonds. The van der Waals surface area contributed by atoms with Crippen LogP contribution in [-0.4, -0.2) is 62.2 Å². The van der Waals surface area contributed by atoms with Crippen molar-refractivity contribution in [1.29, 1.82) is 0 Å². The van der Waals surface area contributed by atoms with Crippen LogP contribution in [0.2, 0.25) is 0 Å². The van der Waals surface area contributed by atoms with Crippen LogP contribution in [0.15, 0.2) is 30.6 Å². The molecule has 3 heterocycles. The molecule has 1 saturated heterocycles. The Labute approximate surface area is 231 Å². The summed E-state index contributed by atoms with van der Waals surface area (Å²) in [6.45, 7) is 8.17. The Hall–Kier alpha value is -4.32. The lowest BCUT2D eigenvalue weighted by Gasteiger charge is -2.32. The molecule has 2 aromatic heterocycles. The largest absolute Gasteiger partial charge is 0.384 e. The number of rotatable bonds is 7. The van der Waals surface area contributed by atoms with Gasteiger partial charge in [0, 0.05) is 44.1 Å². The maximum atomic E-state index is 12.9. The van der Waals surface area contributed by atoms with E-state index in [1.807, 2.05) is 23.7 Å². The number of ketones is 1. The van der Waals surface area contributed by atoms with Gasteiger partial charge in [-0.3, -0.25) is 19.6 Å². The fourth-order valence-electron chi connectivity index (χ4n) is 5.64.